The lowest BCUT2D eigenvalue weighted by molar-refractivity contribution is -0.121. The normalized spacial score (nSPS) is 12.1. The Labute approximate surface area is 154 Å². The number of amides is 1. The van der Waals surface area contributed by atoms with E-state index in [9.17, 15) is 4.79 Å². The zero-order valence-electron chi connectivity index (χ0n) is 16.5. The first-order valence-electron chi connectivity index (χ1n) is 8.64. The molecule has 0 heterocycles. The first-order chi connectivity index (χ1) is 12.0. The van der Waals surface area contributed by atoms with E-state index in [-0.39, 0.29) is 18.6 Å². The summed E-state index contributed by atoms with van der Waals surface area (Å²) in [5.41, 5.74) is 7.17. The molecule has 25 heavy (non-hydrogen) atoms. The van der Waals surface area contributed by atoms with Gasteiger partial charge in [0.25, 0.3) is 5.91 Å². The molecule has 4 heteroatoms. The van der Waals surface area contributed by atoms with E-state index in [0.717, 1.165) is 5.57 Å². The van der Waals surface area contributed by atoms with Crippen LogP contribution < -0.4 is 5.73 Å². The molecular weight excluding hydrogens is 312 g/mol. The Bertz CT molecular complexity index is 474. The number of nitrogens with two attached hydrogens (primary N) is 1. The van der Waals surface area contributed by atoms with Gasteiger partial charge in [0.2, 0.25) is 0 Å². The molecule has 0 aliphatic carbocycles. The van der Waals surface area contributed by atoms with E-state index in [2.05, 4.69) is 19.7 Å². The van der Waals surface area contributed by atoms with Crippen molar-refractivity contribution >= 4 is 5.91 Å². The molecule has 4 nitrogen and oxygen atoms in total. The van der Waals surface area contributed by atoms with Gasteiger partial charge in [-0.3, -0.25) is 9.69 Å². The smallest absolute Gasteiger partial charge is 0.254 e. The van der Waals surface area contributed by atoms with E-state index in [4.69, 9.17) is 10.8 Å². The van der Waals surface area contributed by atoms with Crippen LogP contribution in [0.25, 0.3) is 0 Å². The average Bonchev–Trinajstić information content (AvgIpc) is 2.68. The highest BCUT2D eigenvalue weighted by molar-refractivity contribution is 5.89. The molecule has 0 radical (unpaired) electrons. The van der Waals surface area contributed by atoms with Gasteiger partial charge in [-0.1, -0.05) is 65.7 Å². The third kappa shape index (κ3) is 12.9. The molecule has 0 aliphatic rings. The van der Waals surface area contributed by atoms with E-state index in [0.29, 0.717) is 12.1 Å². The number of carbonyl (C=O) groups is 1. The maximum absolute atomic E-state index is 11.8. The molecule has 0 bridgehead atoms. The topological polar surface area (TPSA) is 66.6 Å². The molecule has 1 amide bonds. The molecule has 0 fully saturated rings. The summed E-state index contributed by atoms with van der Waals surface area (Å²) >= 11 is 0. The summed E-state index contributed by atoms with van der Waals surface area (Å²) in [7, 11) is 0. The summed E-state index contributed by atoms with van der Waals surface area (Å²) in [6.07, 6.45) is 11.9. The van der Waals surface area contributed by atoms with Gasteiger partial charge >= 0.3 is 0 Å². The minimum absolute atomic E-state index is 0.0944. The van der Waals surface area contributed by atoms with Gasteiger partial charge in [0.05, 0.1) is 6.61 Å². The van der Waals surface area contributed by atoms with Crippen molar-refractivity contribution in [1.82, 2.24) is 4.90 Å². The van der Waals surface area contributed by atoms with Crippen molar-refractivity contribution in [3.05, 3.63) is 73.7 Å². The molecule has 0 aromatic heterocycles. The zero-order valence-corrected chi connectivity index (χ0v) is 16.5. The molecule has 3 N–H and O–H groups in total. The number of hydrogen-bond acceptors (Lipinski definition) is 3. The highest BCUT2D eigenvalue weighted by Gasteiger charge is 2.09. The van der Waals surface area contributed by atoms with E-state index < -0.39 is 0 Å². The lowest BCUT2D eigenvalue weighted by atomic mass is 10.1. The first-order valence-corrected chi connectivity index (χ1v) is 8.64. The van der Waals surface area contributed by atoms with Gasteiger partial charge in [0.1, 0.15) is 0 Å². The molecular formula is C21H36N2O2. The minimum Gasteiger partial charge on any atom is -0.395 e. The van der Waals surface area contributed by atoms with Crippen molar-refractivity contribution < 1.29 is 9.90 Å². The zero-order chi connectivity index (χ0) is 20.3. The number of hydrogen-bond donors (Lipinski definition) is 2. The Kier molecular flexibility index (Phi) is 22.0. The average molecular weight is 349 g/mol. The summed E-state index contributed by atoms with van der Waals surface area (Å²) in [6.45, 7) is 20.6. The number of aliphatic hydroxyl groups excluding tert-OH is 1. The fraction of sp³-hybridized carbons (Fsp3) is 0.381. The van der Waals surface area contributed by atoms with E-state index in [1.165, 1.54) is 11.0 Å². The second-order valence-corrected chi connectivity index (χ2v) is 4.28. The largest absolute Gasteiger partial charge is 0.395 e. The highest BCUT2D eigenvalue weighted by atomic mass is 16.3. The molecule has 0 aromatic rings. The second kappa shape index (κ2) is 19.9. The maximum Gasteiger partial charge on any atom is 0.254 e. The van der Waals surface area contributed by atoms with Gasteiger partial charge in [-0.15, -0.1) is 0 Å². The van der Waals surface area contributed by atoms with Crippen molar-refractivity contribution in [2.24, 2.45) is 5.73 Å². The Morgan fingerprint density at radius 2 is 1.64 bits per heavy atom. The van der Waals surface area contributed by atoms with E-state index in [1.54, 1.807) is 36.6 Å². The van der Waals surface area contributed by atoms with Crippen LogP contribution in [0.3, 0.4) is 0 Å². The number of rotatable bonds is 9. The standard InChI is InChI=1S/C17H24N2O2.2C2H6/c1-5-11-19(17(21)8-4)16(7-3)10-9-14(6-2)12-15(18)13-20;2*1-2/h5-11,15,20H,2-4,12-13,18H2,1H3;2*1-2H3/b11-5-,14-9+,16-10+;;. The fourth-order valence-electron chi connectivity index (χ4n) is 1.56. The lowest BCUT2D eigenvalue weighted by Gasteiger charge is -2.17. The number of carbonyl (C=O) groups excluding carboxylic acids is 1. The third-order valence-electron chi connectivity index (χ3n) is 2.66. The van der Waals surface area contributed by atoms with Gasteiger partial charge in [0.15, 0.2) is 0 Å². The Morgan fingerprint density at radius 1 is 1.08 bits per heavy atom. The van der Waals surface area contributed by atoms with Crippen molar-refractivity contribution in [3.63, 3.8) is 0 Å². The van der Waals surface area contributed by atoms with E-state index in [1.807, 2.05) is 34.6 Å². The van der Waals surface area contributed by atoms with Crippen LogP contribution >= 0.6 is 0 Å². The SMILES string of the molecule is C=CC(=O)N(/C=C\C)/C(C=C)=C/C=C(\C=C)CC(N)CO.CC.CC. The Morgan fingerprint density at radius 3 is 2.00 bits per heavy atom. The number of allylic oxidation sites excluding steroid dienone is 5. The van der Waals surface area contributed by atoms with Crippen molar-refractivity contribution in [3.8, 4) is 0 Å². The highest BCUT2D eigenvalue weighted by Crippen LogP contribution is 2.11. The molecule has 0 saturated heterocycles. The summed E-state index contributed by atoms with van der Waals surface area (Å²) in [4.78, 5) is 13.2. The van der Waals surface area contributed by atoms with Gasteiger partial charge in [-0.2, -0.15) is 0 Å². The molecule has 0 rings (SSSR count). The molecule has 142 valence electrons. The van der Waals surface area contributed by atoms with Crippen molar-refractivity contribution in [2.75, 3.05) is 6.61 Å². The summed E-state index contributed by atoms with van der Waals surface area (Å²) in [6, 6.07) is -0.337. The molecule has 0 spiro atoms. The third-order valence-corrected chi connectivity index (χ3v) is 2.66. The summed E-state index contributed by atoms with van der Waals surface area (Å²) in [5.74, 6) is -0.250. The van der Waals surface area contributed by atoms with Crippen LogP contribution in [0.1, 0.15) is 41.0 Å². The van der Waals surface area contributed by atoms with Gasteiger partial charge < -0.3 is 10.8 Å². The van der Waals surface area contributed by atoms with Crippen LogP contribution in [0, 0.1) is 0 Å². The van der Waals surface area contributed by atoms with Crippen LogP contribution in [-0.2, 0) is 4.79 Å². The van der Waals surface area contributed by atoms with Crippen LogP contribution in [0.15, 0.2) is 73.7 Å². The van der Waals surface area contributed by atoms with Crippen molar-refractivity contribution in [2.45, 2.75) is 47.1 Å². The maximum atomic E-state index is 11.8. The van der Waals surface area contributed by atoms with Gasteiger partial charge in [0, 0.05) is 17.9 Å². The molecule has 0 saturated carbocycles. The Hall–Kier alpha value is -2.17. The van der Waals surface area contributed by atoms with Crippen LogP contribution in [-0.4, -0.2) is 28.6 Å². The van der Waals surface area contributed by atoms with Crippen LogP contribution in [0.4, 0.5) is 0 Å². The lowest BCUT2D eigenvalue weighted by Crippen LogP contribution is -2.24. The number of nitrogens with zero attached hydrogens (tertiary/aromatic N) is 1. The quantitative estimate of drug-likeness (QED) is 0.477. The Balaban J connectivity index is -0.00000112. The predicted octanol–water partition coefficient (Wildman–Crippen LogP) is 4.48. The van der Waals surface area contributed by atoms with Gasteiger partial charge in [-0.05, 0) is 37.1 Å². The molecule has 0 aromatic carbocycles. The molecule has 0 aliphatic heterocycles. The summed E-state index contributed by atoms with van der Waals surface area (Å²) in [5, 5.41) is 8.97. The monoisotopic (exact) mass is 348 g/mol. The minimum atomic E-state index is -0.337. The van der Waals surface area contributed by atoms with Crippen LogP contribution in [0.2, 0.25) is 0 Å². The summed E-state index contributed by atoms with van der Waals surface area (Å²) < 4.78 is 0. The van der Waals surface area contributed by atoms with E-state index >= 15 is 0 Å². The fourth-order valence-corrected chi connectivity index (χ4v) is 1.56. The van der Waals surface area contributed by atoms with Crippen LogP contribution in [0.5, 0.6) is 0 Å². The first kappa shape index (κ1) is 27.7. The second-order valence-electron chi connectivity index (χ2n) is 4.28. The predicted molar refractivity (Wildman–Crippen MR) is 111 cm³/mol. The number of aliphatic hydroxyl groups is 1. The van der Waals surface area contributed by atoms with Gasteiger partial charge in [-0.25, -0.2) is 0 Å². The van der Waals surface area contributed by atoms with Crippen molar-refractivity contribution in [1.29, 1.82) is 0 Å². The molecule has 1 atom stereocenters. The molecule has 1 unspecified atom stereocenters.